The summed E-state index contributed by atoms with van der Waals surface area (Å²) in [6, 6.07) is 15.2. The topological polar surface area (TPSA) is 66.5 Å². The lowest BCUT2D eigenvalue weighted by Crippen LogP contribution is -2.44. The van der Waals surface area contributed by atoms with Gasteiger partial charge >= 0.3 is 0 Å². The number of aryl methyl sites for hydroxylation is 2. The van der Waals surface area contributed by atoms with Crippen molar-refractivity contribution >= 4 is 27.7 Å². The van der Waals surface area contributed by atoms with Gasteiger partial charge in [-0.1, -0.05) is 47.5 Å². The Morgan fingerprint density at radius 2 is 1.70 bits per heavy atom. The van der Waals surface area contributed by atoms with E-state index in [9.17, 15) is 13.2 Å². The van der Waals surface area contributed by atoms with Gasteiger partial charge in [-0.15, -0.1) is 11.8 Å². The van der Waals surface area contributed by atoms with Gasteiger partial charge in [-0.2, -0.15) is 0 Å². The minimum absolute atomic E-state index is 0.137. The van der Waals surface area contributed by atoms with E-state index in [1.54, 1.807) is 36.0 Å². The van der Waals surface area contributed by atoms with Crippen LogP contribution in [0.5, 0.6) is 0 Å². The van der Waals surface area contributed by atoms with Gasteiger partial charge in [0.05, 0.1) is 10.6 Å². The second-order valence-electron chi connectivity index (χ2n) is 7.99. The van der Waals surface area contributed by atoms with Crippen molar-refractivity contribution in [2.24, 2.45) is 5.92 Å². The Bertz CT molecular complexity index is 941. The molecule has 1 aliphatic heterocycles. The van der Waals surface area contributed by atoms with Gasteiger partial charge in [0.1, 0.15) is 0 Å². The summed E-state index contributed by atoms with van der Waals surface area (Å²) in [6.45, 7) is 5.71. The molecular weight excluding hydrogens is 416 g/mol. The maximum Gasteiger partial charge on any atom is 0.240 e. The van der Waals surface area contributed by atoms with Crippen molar-refractivity contribution in [3.63, 3.8) is 0 Å². The third-order valence-electron chi connectivity index (χ3n) is 5.38. The number of sulfonamides is 1. The maximum absolute atomic E-state index is 12.6. The average molecular weight is 447 g/mol. The van der Waals surface area contributed by atoms with Crippen molar-refractivity contribution in [1.29, 1.82) is 0 Å². The van der Waals surface area contributed by atoms with Crippen molar-refractivity contribution in [2.75, 3.05) is 25.4 Å². The van der Waals surface area contributed by atoms with E-state index in [0.717, 1.165) is 30.7 Å². The second kappa shape index (κ2) is 10.5. The highest BCUT2D eigenvalue weighted by atomic mass is 32.2. The number of carbonyl (C=O) groups excluding carboxylic acids is 1. The van der Waals surface area contributed by atoms with E-state index in [-0.39, 0.29) is 16.7 Å². The molecule has 1 N–H and O–H groups in total. The third kappa shape index (κ3) is 6.59. The number of thioether (sulfide) groups is 1. The van der Waals surface area contributed by atoms with E-state index in [4.69, 9.17) is 0 Å². The van der Waals surface area contributed by atoms with Gasteiger partial charge in [0.25, 0.3) is 0 Å². The van der Waals surface area contributed by atoms with Crippen LogP contribution in [0.2, 0.25) is 0 Å². The SMILES string of the molecule is Cc1ccc(CSCC(=O)N2CCCC(CNS(=O)(=O)c3ccc(C)cc3)C2)cc1. The quantitative estimate of drug-likeness (QED) is 0.671. The van der Waals surface area contributed by atoms with Crippen LogP contribution in [-0.2, 0) is 20.6 Å². The number of benzene rings is 2. The molecule has 30 heavy (non-hydrogen) atoms. The van der Waals surface area contributed by atoms with Crippen molar-refractivity contribution in [3.8, 4) is 0 Å². The number of amides is 1. The molecule has 1 fully saturated rings. The molecule has 1 heterocycles. The van der Waals surface area contributed by atoms with Crippen LogP contribution in [0.25, 0.3) is 0 Å². The fraction of sp³-hybridized carbons (Fsp3) is 0.435. The molecule has 0 spiro atoms. The fourth-order valence-corrected chi connectivity index (χ4v) is 5.52. The van der Waals surface area contributed by atoms with Crippen LogP contribution in [0.4, 0.5) is 0 Å². The van der Waals surface area contributed by atoms with Gasteiger partial charge in [0.2, 0.25) is 15.9 Å². The molecule has 162 valence electrons. The summed E-state index contributed by atoms with van der Waals surface area (Å²) in [5.41, 5.74) is 3.48. The molecule has 1 saturated heterocycles. The van der Waals surface area contributed by atoms with Gasteiger partial charge in [-0.3, -0.25) is 4.79 Å². The lowest BCUT2D eigenvalue weighted by molar-refractivity contribution is -0.130. The number of rotatable bonds is 8. The van der Waals surface area contributed by atoms with Gasteiger partial charge in [0, 0.05) is 25.4 Å². The summed E-state index contributed by atoms with van der Waals surface area (Å²) in [5, 5.41) is 0. The molecule has 7 heteroatoms. The predicted molar refractivity (Wildman–Crippen MR) is 123 cm³/mol. The normalized spacial score (nSPS) is 17.1. The predicted octanol–water partition coefficient (Wildman–Crippen LogP) is 3.75. The highest BCUT2D eigenvalue weighted by Crippen LogP contribution is 2.20. The first-order chi connectivity index (χ1) is 14.3. The molecule has 1 atom stereocenters. The van der Waals surface area contributed by atoms with Crippen LogP contribution in [0, 0.1) is 19.8 Å². The third-order valence-corrected chi connectivity index (χ3v) is 7.81. The molecule has 5 nitrogen and oxygen atoms in total. The Morgan fingerprint density at radius 1 is 1.07 bits per heavy atom. The lowest BCUT2D eigenvalue weighted by Gasteiger charge is -2.33. The molecule has 1 amide bonds. The summed E-state index contributed by atoms with van der Waals surface area (Å²) in [6.07, 6.45) is 1.84. The Labute approximate surface area is 184 Å². The summed E-state index contributed by atoms with van der Waals surface area (Å²) in [5.74, 6) is 1.55. The zero-order chi connectivity index (χ0) is 21.6. The van der Waals surface area contributed by atoms with Crippen LogP contribution in [0.1, 0.15) is 29.5 Å². The zero-order valence-corrected chi connectivity index (χ0v) is 19.3. The maximum atomic E-state index is 12.6. The molecule has 2 aromatic rings. The Kier molecular flexibility index (Phi) is 7.97. The Hall–Kier alpha value is -1.83. The number of likely N-dealkylation sites (tertiary alicyclic amines) is 1. The summed E-state index contributed by atoms with van der Waals surface area (Å²) in [7, 11) is -3.52. The molecule has 1 aliphatic rings. The van der Waals surface area contributed by atoms with Crippen LogP contribution >= 0.6 is 11.8 Å². The summed E-state index contributed by atoms with van der Waals surface area (Å²) >= 11 is 1.63. The van der Waals surface area contributed by atoms with E-state index in [1.165, 1.54) is 11.1 Å². The second-order valence-corrected chi connectivity index (χ2v) is 10.7. The largest absolute Gasteiger partial charge is 0.342 e. The number of piperidine rings is 1. The molecular formula is C23H30N2O3S2. The fourth-order valence-electron chi connectivity index (χ4n) is 3.52. The minimum atomic E-state index is -3.52. The van der Waals surface area contributed by atoms with E-state index in [2.05, 4.69) is 35.9 Å². The molecule has 0 aromatic heterocycles. The highest BCUT2D eigenvalue weighted by Gasteiger charge is 2.25. The smallest absolute Gasteiger partial charge is 0.240 e. The van der Waals surface area contributed by atoms with E-state index in [0.29, 0.717) is 18.8 Å². The highest BCUT2D eigenvalue weighted by molar-refractivity contribution is 7.99. The van der Waals surface area contributed by atoms with E-state index >= 15 is 0 Å². The lowest BCUT2D eigenvalue weighted by atomic mass is 9.98. The molecule has 2 aromatic carbocycles. The van der Waals surface area contributed by atoms with Gasteiger partial charge in [-0.05, 0) is 50.3 Å². The number of hydrogen-bond acceptors (Lipinski definition) is 4. The summed E-state index contributed by atoms with van der Waals surface area (Å²) in [4.78, 5) is 14.8. The number of nitrogens with zero attached hydrogens (tertiary/aromatic N) is 1. The van der Waals surface area contributed by atoms with E-state index in [1.807, 2.05) is 11.8 Å². The molecule has 0 radical (unpaired) electrons. The minimum Gasteiger partial charge on any atom is -0.342 e. The van der Waals surface area contributed by atoms with Crippen molar-refractivity contribution in [3.05, 3.63) is 65.2 Å². The number of carbonyl (C=O) groups is 1. The molecule has 3 rings (SSSR count). The van der Waals surface area contributed by atoms with Crippen LogP contribution in [0.3, 0.4) is 0 Å². The standard InChI is InChI=1S/C23H30N2O3S2/c1-18-5-9-20(10-6-18)16-29-17-23(26)25-13-3-4-21(15-25)14-24-30(27,28)22-11-7-19(2)8-12-22/h5-12,21,24H,3-4,13-17H2,1-2H3. The number of hydrogen-bond donors (Lipinski definition) is 1. The first-order valence-electron chi connectivity index (χ1n) is 10.3. The molecule has 0 bridgehead atoms. The van der Waals surface area contributed by atoms with Crippen molar-refractivity contribution in [1.82, 2.24) is 9.62 Å². The molecule has 0 aliphatic carbocycles. The van der Waals surface area contributed by atoms with Crippen molar-refractivity contribution < 1.29 is 13.2 Å². The monoisotopic (exact) mass is 446 g/mol. The van der Waals surface area contributed by atoms with Crippen LogP contribution in [-0.4, -0.2) is 44.6 Å². The van der Waals surface area contributed by atoms with E-state index < -0.39 is 10.0 Å². The molecule has 0 saturated carbocycles. The van der Waals surface area contributed by atoms with Crippen LogP contribution in [0.15, 0.2) is 53.4 Å². The van der Waals surface area contributed by atoms with Gasteiger partial charge in [-0.25, -0.2) is 13.1 Å². The van der Waals surface area contributed by atoms with Crippen molar-refractivity contribution in [2.45, 2.75) is 37.3 Å². The average Bonchev–Trinajstić information content (AvgIpc) is 2.74. The summed E-state index contributed by atoms with van der Waals surface area (Å²) < 4.78 is 27.7. The van der Waals surface area contributed by atoms with Gasteiger partial charge < -0.3 is 4.90 Å². The Morgan fingerprint density at radius 3 is 2.37 bits per heavy atom. The molecule has 1 unspecified atom stereocenters. The number of nitrogens with one attached hydrogen (secondary N) is 1. The first kappa shape index (κ1) is 22.8. The first-order valence-corrected chi connectivity index (χ1v) is 12.9. The Balaban J connectivity index is 1.45. The van der Waals surface area contributed by atoms with Crippen LogP contribution < -0.4 is 4.72 Å². The van der Waals surface area contributed by atoms with Gasteiger partial charge in [0.15, 0.2) is 0 Å². The zero-order valence-electron chi connectivity index (χ0n) is 17.6.